The molecule has 1 amide bonds. The second-order valence-electron chi connectivity index (χ2n) is 10.4. The Morgan fingerprint density at radius 2 is 2.00 bits per heavy atom. The highest BCUT2D eigenvalue weighted by atomic mass is 16.6. The number of β-amino-alcohol motifs (C(OH)–C–C–N with tert-alkyl or cyclic N) is 1. The molecule has 2 aliphatic rings. The first-order valence-electron chi connectivity index (χ1n) is 12.0. The van der Waals surface area contributed by atoms with E-state index in [1.807, 2.05) is 45.0 Å². The number of carbonyl (C=O) groups is 2. The first-order chi connectivity index (χ1) is 16.6. The molecule has 2 aliphatic heterocycles. The first-order valence-corrected chi connectivity index (χ1v) is 12.0. The van der Waals surface area contributed by atoms with Crippen LogP contribution in [-0.4, -0.2) is 56.5 Å². The molecule has 0 saturated carbocycles. The third kappa shape index (κ3) is 4.51. The number of aromatic nitrogens is 1. The van der Waals surface area contributed by atoms with E-state index in [0.717, 1.165) is 30.3 Å². The zero-order chi connectivity index (χ0) is 24.9. The van der Waals surface area contributed by atoms with Crippen LogP contribution >= 0.6 is 0 Å². The number of phenols is 1. The number of hydrogen-bond donors (Lipinski definition) is 3. The Bertz CT molecular complexity index is 1320. The van der Waals surface area contributed by atoms with Crippen LogP contribution in [0.5, 0.6) is 5.75 Å². The van der Waals surface area contributed by atoms with Crippen molar-refractivity contribution in [1.29, 1.82) is 0 Å². The van der Waals surface area contributed by atoms with Crippen LogP contribution in [0.1, 0.15) is 55.1 Å². The van der Waals surface area contributed by atoms with Crippen molar-refractivity contribution >= 4 is 22.9 Å². The number of nitrogens with zero attached hydrogens (tertiary/aromatic N) is 2. The Balaban J connectivity index is 1.62. The van der Waals surface area contributed by atoms with E-state index in [0.29, 0.717) is 41.0 Å². The maximum Gasteiger partial charge on any atom is 0.419 e. The zero-order valence-electron chi connectivity index (χ0n) is 20.3. The Hall–Kier alpha value is -3.36. The van der Waals surface area contributed by atoms with Gasteiger partial charge in [0.1, 0.15) is 11.4 Å². The Labute approximate surface area is 204 Å². The van der Waals surface area contributed by atoms with Crippen molar-refractivity contribution in [2.45, 2.75) is 58.4 Å². The predicted octanol–water partition coefficient (Wildman–Crippen LogP) is 4.00. The number of nitrogens with one attached hydrogen (secondary N) is 1. The van der Waals surface area contributed by atoms with Gasteiger partial charge >= 0.3 is 6.09 Å². The van der Waals surface area contributed by atoms with Gasteiger partial charge in [-0.15, -0.1) is 0 Å². The third-order valence-electron chi connectivity index (χ3n) is 6.55. The van der Waals surface area contributed by atoms with Gasteiger partial charge in [-0.2, -0.15) is 0 Å². The maximum atomic E-state index is 13.4. The van der Waals surface area contributed by atoms with Crippen molar-refractivity contribution in [2.75, 3.05) is 13.1 Å². The number of carbonyl (C=O) groups excluding carboxylic acids is 2. The maximum absolute atomic E-state index is 13.4. The minimum Gasteiger partial charge on any atom is -0.508 e. The summed E-state index contributed by atoms with van der Waals surface area (Å²) in [5.74, 6) is -0.232. The standard InChI is InChI=1S/C27H31N3O5/c1-27(2,3)35-26(34)30-21-8-6-16(14-29-10-4-5-18(31)15-29)11-17(21)12-22(30)19-7-9-23(32)20-13-28-25(33)24(19)20/h6-9,11-12,18,31-32H,4-5,10,13-15H2,1-3H3,(H,28,33). The Morgan fingerprint density at radius 3 is 2.74 bits per heavy atom. The summed E-state index contributed by atoms with van der Waals surface area (Å²) in [5.41, 5.74) is 3.06. The summed E-state index contributed by atoms with van der Waals surface area (Å²) in [6.45, 7) is 7.97. The Kier molecular flexibility index (Phi) is 5.81. The molecule has 8 nitrogen and oxygen atoms in total. The van der Waals surface area contributed by atoms with Crippen LogP contribution in [0.15, 0.2) is 36.4 Å². The topological polar surface area (TPSA) is 104 Å². The minimum atomic E-state index is -0.700. The molecular weight excluding hydrogens is 446 g/mol. The van der Waals surface area contributed by atoms with E-state index in [9.17, 15) is 19.8 Å². The molecule has 3 heterocycles. The van der Waals surface area contributed by atoms with Crippen LogP contribution in [0.3, 0.4) is 0 Å². The van der Waals surface area contributed by atoms with Crippen LogP contribution < -0.4 is 5.32 Å². The molecule has 1 atom stereocenters. The van der Waals surface area contributed by atoms with Gasteiger partial charge in [0.25, 0.3) is 5.91 Å². The second-order valence-corrected chi connectivity index (χ2v) is 10.4. The average molecular weight is 478 g/mol. The zero-order valence-corrected chi connectivity index (χ0v) is 20.3. The summed E-state index contributed by atoms with van der Waals surface area (Å²) >= 11 is 0. The quantitative estimate of drug-likeness (QED) is 0.527. The summed E-state index contributed by atoms with van der Waals surface area (Å²) < 4.78 is 7.23. The molecule has 5 rings (SSSR count). The fraction of sp³-hybridized carbons (Fsp3) is 0.407. The van der Waals surface area contributed by atoms with Gasteiger partial charge in [-0.05, 0) is 76.1 Å². The number of aromatic hydroxyl groups is 1. The summed E-state index contributed by atoms with van der Waals surface area (Å²) in [6.07, 6.45) is 0.975. The molecule has 35 heavy (non-hydrogen) atoms. The van der Waals surface area contributed by atoms with E-state index in [2.05, 4.69) is 10.2 Å². The summed E-state index contributed by atoms with van der Waals surface area (Å²) in [6, 6.07) is 11.1. The number of ether oxygens (including phenoxy) is 1. The smallest absolute Gasteiger partial charge is 0.419 e. The van der Waals surface area contributed by atoms with Crippen LogP contribution in [0, 0.1) is 0 Å². The van der Waals surface area contributed by atoms with Gasteiger partial charge in [0.2, 0.25) is 0 Å². The molecular formula is C27H31N3O5. The molecule has 184 valence electrons. The summed E-state index contributed by atoms with van der Waals surface area (Å²) in [5, 5.41) is 23.9. The lowest BCUT2D eigenvalue weighted by atomic mass is 9.99. The van der Waals surface area contributed by atoms with Gasteiger partial charge in [-0.1, -0.05) is 6.07 Å². The number of piperidine rings is 1. The number of fused-ring (bicyclic) bond motifs is 2. The molecule has 8 heteroatoms. The van der Waals surface area contributed by atoms with Crippen molar-refractivity contribution in [2.24, 2.45) is 0 Å². The molecule has 1 aromatic heterocycles. The van der Waals surface area contributed by atoms with Gasteiger partial charge in [0.05, 0.1) is 22.9 Å². The number of hydrogen-bond acceptors (Lipinski definition) is 6. The van der Waals surface area contributed by atoms with Gasteiger partial charge in [0, 0.05) is 36.1 Å². The number of benzene rings is 2. The molecule has 2 aromatic carbocycles. The van der Waals surface area contributed by atoms with Gasteiger partial charge in [0.15, 0.2) is 0 Å². The second kappa shape index (κ2) is 8.70. The lowest BCUT2D eigenvalue weighted by Crippen LogP contribution is -2.37. The normalized spacial score (nSPS) is 18.5. The fourth-order valence-electron chi connectivity index (χ4n) is 5.04. The molecule has 0 aliphatic carbocycles. The van der Waals surface area contributed by atoms with Gasteiger partial charge in [-0.3, -0.25) is 9.69 Å². The number of aliphatic hydroxyl groups is 1. The average Bonchev–Trinajstić information content (AvgIpc) is 3.34. The van der Waals surface area contributed by atoms with E-state index in [1.54, 1.807) is 12.1 Å². The lowest BCUT2D eigenvalue weighted by Gasteiger charge is -2.30. The van der Waals surface area contributed by atoms with Crippen LogP contribution in [0.25, 0.3) is 22.2 Å². The van der Waals surface area contributed by atoms with Crippen molar-refractivity contribution in [3.8, 4) is 17.0 Å². The molecule has 1 saturated heterocycles. The Morgan fingerprint density at radius 1 is 1.20 bits per heavy atom. The molecule has 0 spiro atoms. The highest BCUT2D eigenvalue weighted by Crippen LogP contribution is 2.37. The van der Waals surface area contributed by atoms with Crippen molar-refractivity contribution < 1.29 is 24.5 Å². The first kappa shape index (κ1) is 23.4. The van der Waals surface area contributed by atoms with Gasteiger partial charge in [-0.25, -0.2) is 9.36 Å². The minimum absolute atomic E-state index is 0.0491. The van der Waals surface area contributed by atoms with E-state index >= 15 is 0 Å². The summed E-state index contributed by atoms with van der Waals surface area (Å²) in [7, 11) is 0. The molecule has 0 radical (unpaired) electrons. The molecule has 1 unspecified atom stereocenters. The molecule has 0 bridgehead atoms. The van der Waals surface area contributed by atoms with Crippen LogP contribution in [0.2, 0.25) is 0 Å². The predicted molar refractivity (Wildman–Crippen MR) is 132 cm³/mol. The monoisotopic (exact) mass is 477 g/mol. The summed E-state index contributed by atoms with van der Waals surface area (Å²) in [4.78, 5) is 28.3. The SMILES string of the molecule is CC(C)(C)OC(=O)n1c(-c2ccc(O)c3c2C(=O)NC3)cc2cc(CN3CCCC(O)C3)ccc21. The number of aliphatic hydroxyl groups excluding tert-OH is 1. The largest absolute Gasteiger partial charge is 0.508 e. The van der Waals surface area contributed by atoms with E-state index < -0.39 is 11.7 Å². The van der Waals surface area contributed by atoms with Gasteiger partial charge < -0.3 is 20.3 Å². The number of phenolic OH excluding ortho intramolecular Hbond substituents is 1. The number of amides is 1. The number of rotatable bonds is 3. The highest BCUT2D eigenvalue weighted by molar-refractivity contribution is 6.07. The fourth-order valence-corrected chi connectivity index (χ4v) is 5.04. The number of likely N-dealkylation sites (tertiary alicyclic amines) is 1. The van der Waals surface area contributed by atoms with Crippen LogP contribution in [0.4, 0.5) is 4.79 Å². The highest BCUT2D eigenvalue weighted by Gasteiger charge is 2.30. The van der Waals surface area contributed by atoms with E-state index in [4.69, 9.17) is 4.74 Å². The lowest BCUT2D eigenvalue weighted by molar-refractivity contribution is 0.0546. The van der Waals surface area contributed by atoms with Crippen molar-refractivity contribution in [3.63, 3.8) is 0 Å². The third-order valence-corrected chi connectivity index (χ3v) is 6.55. The molecule has 3 N–H and O–H groups in total. The molecule has 1 fully saturated rings. The van der Waals surface area contributed by atoms with Crippen molar-refractivity contribution in [1.82, 2.24) is 14.8 Å². The van der Waals surface area contributed by atoms with E-state index in [-0.39, 0.29) is 24.3 Å². The van der Waals surface area contributed by atoms with E-state index in [1.165, 1.54) is 4.57 Å². The van der Waals surface area contributed by atoms with Crippen molar-refractivity contribution in [3.05, 3.63) is 53.1 Å². The molecule has 3 aromatic rings. The van der Waals surface area contributed by atoms with Crippen LogP contribution in [-0.2, 0) is 17.8 Å².